The summed E-state index contributed by atoms with van der Waals surface area (Å²) in [6.07, 6.45) is 3.01. The molecule has 0 saturated heterocycles. The maximum Gasteiger partial charge on any atom is 0.328 e. The highest BCUT2D eigenvalue weighted by atomic mass is 35.5. The first-order valence-electron chi connectivity index (χ1n) is 5.89. The molecule has 0 aromatic heterocycles. The number of aliphatic carboxylic acids is 1. The quantitative estimate of drug-likeness (QED) is 0.497. The second-order valence-electron chi connectivity index (χ2n) is 3.72. The van der Waals surface area contributed by atoms with Crippen LogP contribution < -0.4 is 9.47 Å². The molecule has 1 aromatic rings. The normalized spacial score (nSPS) is 9.95. The Bertz CT molecular complexity index is 567. The van der Waals surface area contributed by atoms with Crippen LogP contribution in [-0.4, -0.2) is 24.8 Å². The van der Waals surface area contributed by atoms with Crippen LogP contribution in [0.5, 0.6) is 11.5 Å². The lowest BCUT2D eigenvalue weighted by Gasteiger charge is -2.13. The standard InChI is InChI=1S/C15H15ClO4/c1-3-4-5-8-20-15-11(6-7-14(17)18)9-12(16)10-13(15)19-2/h6-7,9-10H,5,8H2,1-2H3,(H,17,18)/b7-6+. The molecule has 0 aliphatic heterocycles. The summed E-state index contributed by atoms with van der Waals surface area (Å²) in [4.78, 5) is 10.6. The topological polar surface area (TPSA) is 55.8 Å². The smallest absolute Gasteiger partial charge is 0.328 e. The van der Waals surface area contributed by atoms with Gasteiger partial charge in [-0.15, -0.1) is 11.8 Å². The number of ether oxygens (including phenoxy) is 2. The molecule has 1 aromatic carbocycles. The minimum Gasteiger partial charge on any atom is -0.493 e. The Labute approximate surface area is 123 Å². The Morgan fingerprint density at radius 2 is 2.25 bits per heavy atom. The molecule has 20 heavy (non-hydrogen) atoms. The zero-order valence-corrected chi connectivity index (χ0v) is 12.0. The van der Waals surface area contributed by atoms with Crippen molar-refractivity contribution >= 4 is 23.6 Å². The van der Waals surface area contributed by atoms with Crippen molar-refractivity contribution in [1.82, 2.24) is 0 Å². The minimum atomic E-state index is -1.05. The van der Waals surface area contributed by atoms with Gasteiger partial charge in [-0.25, -0.2) is 4.79 Å². The monoisotopic (exact) mass is 294 g/mol. The van der Waals surface area contributed by atoms with E-state index in [0.717, 1.165) is 6.08 Å². The molecule has 0 amide bonds. The fourth-order valence-corrected chi connectivity index (χ4v) is 1.73. The summed E-state index contributed by atoms with van der Waals surface area (Å²) >= 11 is 5.96. The maximum atomic E-state index is 10.6. The van der Waals surface area contributed by atoms with E-state index in [2.05, 4.69) is 11.8 Å². The van der Waals surface area contributed by atoms with Crippen LogP contribution in [0, 0.1) is 11.8 Å². The van der Waals surface area contributed by atoms with Crippen LogP contribution in [0.1, 0.15) is 18.9 Å². The van der Waals surface area contributed by atoms with Crippen LogP contribution in [0.4, 0.5) is 0 Å². The van der Waals surface area contributed by atoms with Gasteiger partial charge in [0.25, 0.3) is 0 Å². The largest absolute Gasteiger partial charge is 0.493 e. The average Bonchev–Trinajstić information content (AvgIpc) is 2.42. The van der Waals surface area contributed by atoms with Crippen LogP contribution in [0.3, 0.4) is 0 Å². The summed E-state index contributed by atoms with van der Waals surface area (Å²) in [5.41, 5.74) is 0.543. The van der Waals surface area contributed by atoms with Gasteiger partial charge in [-0.3, -0.25) is 0 Å². The maximum absolute atomic E-state index is 10.6. The fourth-order valence-electron chi connectivity index (χ4n) is 1.51. The highest BCUT2D eigenvalue weighted by Crippen LogP contribution is 2.35. The van der Waals surface area contributed by atoms with E-state index in [4.69, 9.17) is 26.2 Å². The lowest BCUT2D eigenvalue weighted by molar-refractivity contribution is -0.131. The van der Waals surface area contributed by atoms with Gasteiger partial charge < -0.3 is 14.6 Å². The molecule has 0 spiro atoms. The summed E-state index contributed by atoms with van der Waals surface area (Å²) < 4.78 is 10.8. The number of benzene rings is 1. The number of carboxylic acid groups (broad SMARTS) is 1. The van der Waals surface area contributed by atoms with Crippen LogP contribution in [-0.2, 0) is 4.79 Å². The molecule has 0 heterocycles. The third kappa shape index (κ3) is 4.87. The van der Waals surface area contributed by atoms with Gasteiger partial charge in [0.15, 0.2) is 11.5 Å². The first kappa shape index (κ1) is 15.9. The number of hydrogen-bond acceptors (Lipinski definition) is 3. The van der Waals surface area contributed by atoms with Crippen molar-refractivity contribution < 1.29 is 19.4 Å². The number of hydrogen-bond donors (Lipinski definition) is 1. The molecule has 0 atom stereocenters. The fraction of sp³-hybridized carbons (Fsp3) is 0.267. The average molecular weight is 295 g/mol. The molecule has 1 N–H and O–H groups in total. The molecule has 5 heteroatoms. The van der Waals surface area contributed by atoms with E-state index in [1.165, 1.54) is 13.2 Å². The van der Waals surface area contributed by atoms with Gasteiger partial charge in [0.05, 0.1) is 13.7 Å². The zero-order chi connectivity index (χ0) is 15.0. The van der Waals surface area contributed by atoms with Crippen LogP contribution in [0.25, 0.3) is 6.08 Å². The molecular formula is C15H15ClO4. The van der Waals surface area contributed by atoms with E-state index in [-0.39, 0.29) is 0 Å². The molecule has 0 fully saturated rings. The summed E-state index contributed by atoms with van der Waals surface area (Å²) in [7, 11) is 1.50. The number of halogens is 1. The van der Waals surface area contributed by atoms with Crippen molar-refractivity contribution in [2.45, 2.75) is 13.3 Å². The predicted octanol–water partition coefficient (Wildman–Crippen LogP) is 3.24. The molecule has 0 radical (unpaired) electrons. The van der Waals surface area contributed by atoms with Gasteiger partial charge >= 0.3 is 5.97 Å². The van der Waals surface area contributed by atoms with E-state index in [1.807, 2.05) is 0 Å². The van der Waals surface area contributed by atoms with E-state index in [0.29, 0.717) is 35.1 Å². The number of rotatable bonds is 6. The van der Waals surface area contributed by atoms with Crippen molar-refractivity contribution in [1.29, 1.82) is 0 Å². The van der Waals surface area contributed by atoms with Gasteiger partial charge in [0.2, 0.25) is 0 Å². The van der Waals surface area contributed by atoms with Crippen LogP contribution in [0.2, 0.25) is 5.02 Å². The van der Waals surface area contributed by atoms with E-state index >= 15 is 0 Å². The van der Waals surface area contributed by atoms with Crippen LogP contribution in [0.15, 0.2) is 18.2 Å². The van der Waals surface area contributed by atoms with Gasteiger partial charge in [-0.05, 0) is 19.1 Å². The van der Waals surface area contributed by atoms with Crippen molar-refractivity contribution in [2.75, 3.05) is 13.7 Å². The third-order valence-corrected chi connectivity index (χ3v) is 2.54. The molecule has 0 bridgehead atoms. The van der Waals surface area contributed by atoms with Gasteiger partial charge in [-0.2, -0.15) is 0 Å². The second-order valence-corrected chi connectivity index (χ2v) is 4.16. The minimum absolute atomic E-state index is 0.382. The van der Waals surface area contributed by atoms with Crippen molar-refractivity contribution in [3.8, 4) is 23.3 Å². The summed E-state index contributed by atoms with van der Waals surface area (Å²) in [5.74, 6) is 5.51. The Balaban J connectivity index is 3.07. The third-order valence-electron chi connectivity index (χ3n) is 2.32. The number of carboxylic acids is 1. The van der Waals surface area contributed by atoms with Gasteiger partial charge in [0.1, 0.15) is 0 Å². The molecule has 1 rings (SSSR count). The van der Waals surface area contributed by atoms with Crippen molar-refractivity contribution in [3.05, 3.63) is 28.8 Å². The molecule has 0 unspecified atom stereocenters. The summed E-state index contributed by atoms with van der Waals surface area (Å²) in [6, 6.07) is 3.23. The second kappa shape index (κ2) is 8.13. The van der Waals surface area contributed by atoms with Crippen molar-refractivity contribution in [3.63, 3.8) is 0 Å². The molecule has 0 aliphatic rings. The van der Waals surface area contributed by atoms with E-state index in [9.17, 15) is 4.79 Å². The first-order valence-corrected chi connectivity index (χ1v) is 6.27. The van der Waals surface area contributed by atoms with Crippen LogP contribution >= 0.6 is 11.6 Å². The lowest BCUT2D eigenvalue weighted by atomic mass is 10.1. The summed E-state index contributed by atoms with van der Waals surface area (Å²) in [5, 5.41) is 9.13. The van der Waals surface area contributed by atoms with E-state index in [1.54, 1.807) is 19.1 Å². The predicted molar refractivity (Wildman–Crippen MR) is 78.2 cm³/mol. The highest BCUT2D eigenvalue weighted by Gasteiger charge is 2.11. The Kier molecular flexibility index (Phi) is 6.48. The Morgan fingerprint density at radius 1 is 1.50 bits per heavy atom. The molecule has 106 valence electrons. The SMILES string of the molecule is CC#CCCOc1c(/C=C/C(=O)O)cc(Cl)cc1OC. The molecule has 0 aliphatic carbocycles. The van der Waals surface area contributed by atoms with Gasteiger partial charge in [-0.1, -0.05) is 11.6 Å². The molecule has 4 nitrogen and oxygen atoms in total. The molecular weight excluding hydrogens is 280 g/mol. The zero-order valence-electron chi connectivity index (χ0n) is 11.3. The lowest BCUT2D eigenvalue weighted by Crippen LogP contribution is -2.00. The van der Waals surface area contributed by atoms with E-state index < -0.39 is 5.97 Å². The van der Waals surface area contributed by atoms with Crippen molar-refractivity contribution in [2.24, 2.45) is 0 Å². The number of carbonyl (C=O) groups is 1. The summed E-state index contributed by atoms with van der Waals surface area (Å²) in [6.45, 7) is 2.14. The number of methoxy groups -OCH3 is 1. The highest BCUT2D eigenvalue weighted by molar-refractivity contribution is 6.31. The Morgan fingerprint density at radius 3 is 2.85 bits per heavy atom. The first-order chi connectivity index (χ1) is 9.58. The van der Waals surface area contributed by atoms with Gasteiger partial charge in [0, 0.05) is 29.1 Å². The molecule has 0 saturated carbocycles. The Hall–Kier alpha value is -2.12.